The van der Waals surface area contributed by atoms with Gasteiger partial charge in [-0.1, -0.05) is 30.3 Å². The molecule has 1 N–H and O–H groups in total. The number of amides is 1. The lowest BCUT2D eigenvalue weighted by atomic mass is 10.1. The van der Waals surface area contributed by atoms with Crippen LogP contribution < -0.4 is 10.1 Å². The van der Waals surface area contributed by atoms with Crippen molar-refractivity contribution in [3.05, 3.63) is 65.7 Å². The Bertz CT molecular complexity index is 888. The Morgan fingerprint density at radius 2 is 1.86 bits per heavy atom. The minimum absolute atomic E-state index is 0.104. The molecule has 2 aromatic carbocycles. The van der Waals surface area contributed by atoms with Gasteiger partial charge in [-0.05, 0) is 45.0 Å². The van der Waals surface area contributed by atoms with Crippen LogP contribution in [0.1, 0.15) is 36.7 Å². The van der Waals surface area contributed by atoms with E-state index in [0.717, 1.165) is 5.56 Å². The molecule has 0 radical (unpaired) electrons. The number of hydrogen-bond acceptors (Lipinski definition) is 5. The van der Waals surface area contributed by atoms with Gasteiger partial charge in [0.15, 0.2) is 11.9 Å². The summed E-state index contributed by atoms with van der Waals surface area (Å²) in [6.45, 7) is 5.31. The monoisotopic (exact) mass is 381 g/mol. The summed E-state index contributed by atoms with van der Waals surface area (Å²) < 4.78 is 10.6. The molecule has 1 amide bonds. The maximum Gasteiger partial charge on any atom is 0.331 e. The van der Waals surface area contributed by atoms with Crippen LogP contribution in [0.25, 0.3) is 6.08 Å². The first-order chi connectivity index (χ1) is 13.4. The van der Waals surface area contributed by atoms with Crippen molar-refractivity contribution < 1.29 is 23.9 Å². The zero-order chi connectivity index (χ0) is 20.5. The van der Waals surface area contributed by atoms with Gasteiger partial charge in [0.25, 0.3) is 5.91 Å². The number of nitrogens with one attached hydrogen (secondary N) is 1. The van der Waals surface area contributed by atoms with Crippen LogP contribution in [0.4, 0.5) is 5.69 Å². The number of para-hydroxylation sites is 1. The van der Waals surface area contributed by atoms with Crippen LogP contribution in [0, 0.1) is 0 Å². The van der Waals surface area contributed by atoms with Crippen LogP contribution in [-0.2, 0) is 14.3 Å². The van der Waals surface area contributed by atoms with Crippen LogP contribution in [-0.4, -0.2) is 30.4 Å². The Hall–Kier alpha value is -3.41. The van der Waals surface area contributed by atoms with Crippen LogP contribution in [0.15, 0.2) is 54.6 Å². The lowest BCUT2D eigenvalue weighted by molar-refractivity contribution is -0.148. The smallest absolute Gasteiger partial charge is 0.331 e. The number of Topliss-reactive ketones (excluding diaryl/α,β-unsaturated/α-hetero) is 1. The standard InChI is InChI=1S/C22H23NO5/c1-4-27-20-11-6-5-8-17(20)12-13-21(25)28-16(3)22(26)23-19-10-7-9-18(14-19)15(2)24/h5-14,16H,4H2,1-3H3,(H,23,26)/b13-12+. The maximum atomic E-state index is 12.2. The van der Waals surface area contributed by atoms with Gasteiger partial charge < -0.3 is 14.8 Å². The Labute approximate surface area is 164 Å². The Kier molecular flexibility index (Phi) is 7.51. The first kappa shape index (κ1) is 20.9. The number of benzene rings is 2. The van der Waals surface area contributed by atoms with Gasteiger partial charge >= 0.3 is 5.97 Å². The predicted molar refractivity (Wildman–Crippen MR) is 107 cm³/mol. The molecule has 146 valence electrons. The number of ketones is 1. The molecule has 0 aliphatic rings. The van der Waals surface area contributed by atoms with E-state index >= 15 is 0 Å². The van der Waals surface area contributed by atoms with Crippen LogP contribution >= 0.6 is 0 Å². The lowest BCUT2D eigenvalue weighted by Gasteiger charge is -2.13. The van der Waals surface area contributed by atoms with Crippen molar-refractivity contribution in [1.29, 1.82) is 0 Å². The fourth-order valence-corrected chi connectivity index (χ4v) is 2.39. The second kappa shape index (κ2) is 10.1. The third-order valence-electron chi connectivity index (χ3n) is 3.82. The van der Waals surface area contributed by atoms with Crippen LogP contribution in [0.5, 0.6) is 5.75 Å². The molecule has 6 heteroatoms. The average molecular weight is 381 g/mol. The molecule has 0 saturated heterocycles. The summed E-state index contributed by atoms with van der Waals surface area (Å²) in [6, 6.07) is 13.8. The van der Waals surface area contributed by atoms with Gasteiger partial charge in [0.2, 0.25) is 0 Å². The summed E-state index contributed by atoms with van der Waals surface area (Å²) in [5.41, 5.74) is 1.68. The molecule has 28 heavy (non-hydrogen) atoms. The molecule has 6 nitrogen and oxygen atoms in total. The van der Waals surface area contributed by atoms with Crippen molar-refractivity contribution in [2.24, 2.45) is 0 Å². The van der Waals surface area contributed by atoms with Crippen LogP contribution in [0.2, 0.25) is 0 Å². The summed E-state index contributed by atoms with van der Waals surface area (Å²) >= 11 is 0. The highest BCUT2D eigenvalue weighted by Crippen LogP contribution is 2.19. The number of anilines is 1. The summed E-state index contributed by atoms with van der Waals surface area (Å²) in [5, 5.41) is 2.63. The van der Waals surface area contributed by atoms with Gasteiger partial charge in [-0.25, -0.2) is 4.79 Å². The highest BCUT2D eigenvalue weighted by atomic mass is 16.5. The molecular weight excluding hydrogens is 358 g/mol. The number of esters is 1. The predicted octanol–water partition coefficient (Wildman–Crippen LogP) is 3.87. The number of ether oxygens (including phenoxy) is 2. The molecule has 1 atom stereocenters. The third kappa shape index (κ3) is 6.09. The Morgan fingerprint density at radius 3 is 2.57 bits per heavy atom. The Morgan fingerprint density at radius 1 is 1.11 bits per heavy atom. The largest absolute Gasteiger partial charge is 0.493 e. The molecule has 0 aromatic heterocycles. The maximum absolute atomic E-state index is 12.2. The molecule has 0 spiro atoms. The van der Waals surface area contributed by atoms with E-state index in [0.29, 0.717) is 23.6 Å². The molecule has 2 aromatic rings. The van der Waals surface area contributed by atoms with Crippen molar-refractivity contribution in [3.8, 4) is 5.75 Å². The Balaban J connectivity index is 1.95. The van der Waals surface area contributed by atoms with E-state index in [-0.39, 0.29) is 5.78 Å². The van der Waals surface area contributed by atoms with Crippen molar-refractivity contribution >= 4 is 29.4 Å². The summed E-state index contributed by atoms with van der Waals surface area (Å²) in [7, 11) is 0. The average Bonchev–Trinajstić information content (AvgIpc) is 2.67. The van der Waals surface area contributed by atoms with Crippen LogP contribution in [0.3, 0.4) is 0 Å². The minimum Gasteiger partial charge on any atom is -0.493 e. The van der Waals surface area contributed by atoms with E-state index in [4.69, 9.17) is 9.47 Å². The number of rotatable bonds is 8. The normalized spacial score (nSPS) is 11.7. The SMILES string of the molecule is CCOc1ccccc1/C=C/C(=O)OC(C)C(=O)Nc1cccc(C(C)=O)c1. The summed E-state index contributed by atoms with van der Waals surface area (Å²) in [6.07, 6.45) is 1.83. The molecule has 2 rings (SSSR count). The van der Waals surface area contributed by atoms with Crippen molar-refractivity contribution in [3.63, 3.8) is 0 Å². The zero-order valence-electron chi connectivity index (χ0n) is 16.1. The summed E-state index contributed by atoms with van der Waals surface area (Å²) in [4.78, 5) is 35.7. The summed E-state index contributed by atoms with van der Waals surface area (Å²) in [5.74, 6) is -0.582. The quantitative estimate of drug-likeness (QED) is 0.426. The molecule has 0 aliphatic carbocycles. The second-order valence-electron chi connectivity index (χ2n) is 6.01. The minimum atomic E-state index is -1.000. The van der Waals surface area contributed by atoms with Crippen molar-refractivity contribution in [1.82, 2.24) is 0 Å². The number of carbonyl (C=O) groups excluding carboxylic acids is 3. The number of carbonyl (C=O) groups is 3. The third-order valence-corrected chi connectivity index (χ3v) is 3.82. The fraction of sp³-hybridized carbons (Fsp3) is 0.227. The first-order valence-corrected chi connectivity index (χ1v) is 8.93. The highest BCUT2D eigenvalue weighted by Gasteiger charge is 2.17. The molecule has 1 unspecified atom stereocenters. The fourth-order valence-electron chi connectivity index (χ4n) is 2.39. The lowest BCUT2D eigenvalue weighted by Crippen LogP contribution is -2.29. The molecule has 0 heterocycles. The zero-order valence-corrected chi connectivity index (χ0v) is 16.1. The molecule has 0 bridgehead atoms. The topological polar surface area (TPSA) is 81.7 Å². The van der Waals surface area contributed by atoms with Gasteiger partial charge in [-0.15, -0.1) is 0 Å². The van der Waals surface area contributed by atoms with Gasteiger partial charge in [0, 0.05) is 22.9 Å². The van der Waals surface area contributed by atoms with E-state index in [2.05, 4.69) is 5.32 Å². The van der Waals surface area contributed by atoms with E-state index in [1.54, 1.807) is 36.4 Å². The highest BCUT2D eigenvalue weighted by molar-refractivity contribution is 5.99. The van der Waals surface area contributed by atoms with E-state index in [1.165, 1.54) is 19.9 Å². The van der Waals surface area contributed by atoms with Crippen molar-refractivity contribution in [2.45, 2.75) is 26.9 Å². The molecule has 0 saturated carbocycles. The second-order valence-corrected chi connectivity index (χ2v) is 6.01. The molecule has 0 aliphatic heterocycles. The van der Waals surface area contributed by atoms with Gasteiger partial charge in [-0.3, -0.25) is 9.59 Å². The van der Waals surface area contributed by atoms with Gasteiger partial charge in [0.1, 0.15) is 5.75 Å². The van der Waals surface area contributed by atoms with E-state index in [1.807, 2.05) is 25.1 Å². The van der Waals surface area contributed by atoms with Crippen molar-refractivity contribution in [2.75, 3.05) is 11.9 Å². The van der Waals surface area contributed by atoms with Gasteiger partial charge in [0.05, 0.1) is 6.61 Å². The molecule has 0 fully saturated rings. The van der Waals surface area contributed by atoms with E-state index in [9.17, 15) is 14.4 Å². The number of hydrogen-bond donors (Lipinski definition) is 1. The van der Waals surface area contributed by atoms with Gasteiger partial charge in [-0.2, -0.15) is 0 Å². The first-order valence-electron chi connectivity index (χ1n) is 8.93. The molecular formula is C22H23NO5. The van der Waals surface area contributed by atoms with E-state index < -0.39 is 18.0 Å².